The van der Waals surface area contributed by atoms with Crippen LogP contribution in [0.1, 0.15) is 0 Å². The number of hydrogen-bond donors (Lipinski definition) is 1. The van der Waals surface area contributed by atoms with Crippen molar-refractivity contribution in [3.8, 4) is 0 Å². The molecular weight excluding hydrogens is 292 g/mol. The summed E-state index contributed by atoms with van der Waals surface area (Å²) in [4.78, 5) is 8.36. The molecule has 2 nitrogen and oxygen atoms in total. The van der Waals surface area contributed by atoms with Crippen molar-refractivity contribution in [3.05, 3.63) is 0 Å². The first-order valence-corrected chi connectivity index (χ1v) is 8.98. The molecule has 0 aliphatic heterocycles. The van der Waals surface area contributed by atoms with E-state index in [9.17, 15) is 0 Å². The quantitative estimate of drug-likeness (QED) is 0.550. The summed E-state index contributed by atoms with van der Waals surface area (Å²) in [6.07, 6.45) is 0. The van der Waals surface area contributed by atoms with Crippen molar-refractivity contribution in [2.75, 3.05) is 0 Å². The predicted octanol–water partition coefficient (Wildman–Crippen LogP) is 2.46. The van der Waals surface area contributed by atoms with E-state index in [-0.39, 0.29) is 6.47 Å². The van der Waals surface area contributed by atoms with Gasteiger partial charge in [-0.3, -0.25) is 4.79 Å². The predicted molar refractivity (Wildman–Crippen MR) is 32.1 cm³/mol. The second-order valence-corrected chi connectivity index (χ2v) is 14.5. The molecule has 0 amide bonds. The summed E-state index contributed by atoms with van der Waals surface area (Å²) in [6, 6.07) is 0. The molecule has 0 aromatic carbocycles. The summed E-state index contributed by atoms with van der Waals surface area (Å²) in [5, 5.41) is 6.89. The van der Waals surface area contributed by atoms with E-state index in [0.717, 1.165) is 0 Å². The van der Waals surface area contributed by atoms with Gasteiger partial charge in [-0.25, -0.2) is 0 Å². The summed E-state index contributed by atoms with van der Waals surface area (Å²) >= 11 is -2.81. The molecule has 7 heteroatoms. The van der Waals surface area contributed by atoms with E-state index in [2.05, 4.69) is 0 Å². The zero-order chi connectivity index (χ0) is 7.21. The Kier molecular flexibility index (Phi) is 9.63. The fourth-order valence-electron chi connectivity index (χ4n) is 0. The normalized spacial score (nSPS) is 11.0. The molecule has 0 heterocycles. The molecular formula is CH2Cl4O2Pd. The maximum atomic E-state index is 8.36. The Morgan fingerprint density at radius 3 is 1.25 bits per heavy atom. The molecule has 0 aromatic heterocycles. The van der Waals surface area contributed by atoms with Crippen molar-refractivity contribution >= 4 is 44.6 Å². The molecule has 0 rings (SSSR count). The van der Waals surface area contributed by atoms with E-state index in [4.69, 9.17) is 48.0 Å². The number of rotatable bonds is 0. The van der Waals surface area contributed by atoms with Crippen LogP contribution in [-0.2, 0) is 16.3 Å². The van der Waals surface area contributed by atoms with Crippen molar-refractivity contribution in [1.82, 2.24) is 0 Å². The molecule has 0 atom stereocenters. The van der Waals surface area contributed by atoms with Crippen LogP contribution in [0.2, 0.25) is 0 Å². The van der Waals surface area contributed by atoms with Crippen LogP contribution in [0.25, 0.3) is 0 Å². The van der Waals surface area contributed by atoms with Gasteiger partial charge >= 0.3 is 49.6 Å². The average Bonchev–Trinajstić information content (AvgIpc) is 1.27. The van der Waals surface area contributed by atoms with Crippen molar-refractivity contribution in [2.24, 2.45) is 0 Å². The third-order valence-electron chi connectivity index (χ3n) is 0. The summed E-state index contributed by atoms with van der Waals surface area (Å²) in [6.45, 7) is -0.250. The van der Waals surface area contributed by atoms with Gasteiger partial charge in [-0.15, -0.1) is 0 Å². The van der Waals surface area contributed by atoms with Crippen molar-refractivity contribution in [3.63, 3.8) is 0 Å². The third kappa shape index (κ3) is 173. The van der Waals surface area contributed by atoms with Gasteiger partial charge in [0.2, 0.25) is 0 Å². The number of carbonyl (C=O) groups is 1. The molecule has 0 bridgehead atoms. The first-order valence-electron chi connectivity index (χ1n) is 0.972. The van der Waals surface area contributed by atoms with Crippen LogP contribution in [0, 0.1) is 0 Å². The molecule has 0 unspecified atom stereocenters. The van der Waals surface area contributed by atoms with Crippen LogP contribution in [-0.4, -0.2) is 11.6 Å². The number of carboxylic acid groups (broad SMARTS) is 1. The summed E-state index contributed by atoms with van der Waals surface area (Å²) in [7, 11) is 19.9. The Bertz CT molecular complexity index is 53.5. The SMILES string of the molecule is O=CO.[Cl][Pd]([Cl])([Cl])[Cl]. The molecule has 0 saturated carbocycles. The van der Waals surface area contributed by atoms with Crippen LogP contribution < -0.4 is 0 Å². The van der Waals surface area contributed by atoms with Crippen molar-refractivity contribution in [1.29, 1.82) is 0 Å². The third-order valence-corrected chi connectivity index (χ3v) is 0. The fourth-order valence-corrected chi connectivity index (χ4v) is 0. The van der Waals surface area contributed by atoms with Crippen LogP contribution in [0.4, 0.5) is 0 Å². The van der Waals surface area contributed by atoms with Crippen molar-refractivity contribution < 1.29 is 21.4 Å². The van der Waals surface area contributed by atoms with Gasteiger partial charge in [0.25, 0.3) is 6.47 Å². The molecule has 0 aliphatic rings. The van der Waals surface area contributed by atoms with Crippen molar-refractivity contribution in [2.45, 2.75) is 0 Å². The molecule has 0 radical (unpaired) electrons. The molecule has 0 aliphatic carbocycles. The Labute approximate surface area is 65.6 Å². The molecule has 0 aromatic rings. The molecule has 0 saturated heterocycles. The Morgan fingerprint density at radius 2 is 1.25 bits per heavy atom. The minimum absolute atomic E-state index is 0.250. The second-order valence-electron chi connectivity index (χ2n) is 0.376. The van der Waals surface area contributed by atoms with Gasteiger partial charge in [0, 0.05) is 0 Å². The minimum atomic E-state index is -2.81. The van der Waals surface area contributed by atoms with Crippen LogP contribution in [0.5, 0.6) is 0 Å². The van der Waals surface area contributed by atoms with Gasteiger partial charge in [-0.05, 0) is 0 Å². The summed E-state index contributed by atoms with van der Waals surface area (Å²) in [5.41, 5.74) is 0. The van der Waals surface area contributed by atoms with Crippen LogP contribution in [0.15, 0.2) is 0 Å². The van der Waals surface area contributed by atoms with Gasteiger partial charge in [0.1, 0.15) is 0 Å². The molecule has 56 valence electrons. The Morgan fingerprint density at radius 1 is 1.25 bits per heavy atom. The molecule has 0 spiro atoms. The van der Waals surface area contributed by atoms with E-state index in [0.29, 0.717) is 0 Å². The van der Waals surface area contributed by atoms with Gasteiger partial charge in [0.05, 0.1) is 0 Å². The number of halogens is 4. The summed E-state index contributed by atoms with van der Waals surface area (Å²) < 4.78 is 0. The monoisotopic (exact) mass is 292 g/mol. The summed E-state index contributed by atoms with van der Waals surface area (Å²) in [5.74, 6) is 0. The van der Waals surface area contributed by atoms with E-state index in [1.165, 1.54) is 0 Å². The average molecular weight is 294 g/mol. The van der Waals surface area contributed by atoms with Gasteiger partial charge in [0.15, 0.2) is 0 Å². The van der Waals surface area contributed by atoms with E-state index >= 15 is 0 Å². The van der Waals surface area contributed by atoms with Crippen LogP contribution >= 0.6 is 38.1 Å². The topological polar surface area (TPSA) is 37.3 Å². The zero-order valence-electron chi connectivity index (χ0n) is 3.26. The van der Waals surface area contributed by atoms with E-state index < -0.39 is 11.5 Å². The first-order chi connectivity index (χ1) is 3.41. The molecule has 0 fully saturated rings. The van der Waals surface area contributed by atoms with Gasteiger partial charge in [-0.1, -0.05) is 0 Å². The molecule has 1 N–H and O–H groups in total. The zero-order valence-corrected chi connectivity index (χ0v) is 7.84. The second kappa shape index (κ2) is 6.41. The Hall–Kier alpha value is 1.29. The first kappa shape index (κ1) is 12.0. The number of hydrogen-bond acceptors (Lipinski definition) is 1. The standard InChI is InChI=1S/CH2O2.4ClH.Pd/c2-1-3;;;;;/h1H,(H,2,3);4*1H;/q;;;;;+4/p-4. The van der Waals surface area contributed by atoms with Crippen LogP contribution in [0.3, 0.4) is 0 Å². The van der Waals surface area contributed by atoms with E-state index in [1.54, 1.807) is 0 Å². The van der Waals surface area contributed by atoms with Gasteiger partial charge < -0.3 is 5.11 Å². The fraction of sp³-hybridized carbons (Fsp3) is 0. The van der Waals surface area contributed by atoms with E-state index in [1.807, 2.05) is 0 Å². The molecule has 8 heavy (non-hydrogen) atoms. The van der Waals surface area contributed by atoms with Gasteiger partial charge in [-0.2, -0.15) is 0 Å². The maximum absolute atomic E-state index is 8.36. The Balaban J connectivity index is 0.